The van der Waals surface area contributed by atoms with E-state index in [4.69, 9.17) is 9.47 Å². The summed E-state index contributed by atoms with van der Waals surface area (Å²) in [4.78, 5) is 2.75. The van der Waals surface area contributed by atoms with Crippen molar-refractivity contribution in [2.75, 3.05) is 38.5 Å². The highest BCUT2D eigenvalue weighted by Gasteiger charge is 2.22. The van der Waals surface area contributed by atoms with Crippen LogP contribution in [-0.2, 0) is 16.4 Å². The fourth-order valence-corrected chi connectivity index (χ4v) is 5.43. The molecule has 186 valence electrons. The number of hydrogen-bond donors (Lipinski definition) is 1. The van der Waals surface area contributed by atoms with Gasteiger partial charge in [-0.25, -0.2) is 8.42 Å². The summed E-state index contributed by atoms with van der Waals surface area (Å²) in [6.45, 7) is 4.72. The molecule has 0 aromatic heterocycles. The van der Waals surface area contributed by atoms with Crippen LogP contribution in [0.1, 0.15) is 24.0 Å². The molecule has 1 saturated heterocycles. The van der Waals surface area contributed by atoms with Crippen LogP contribution in [0.3, 0.4) is 0 Å². The van der Waals surface area contributed by atoms with Gasteiger partial charge in [-0.2, -0.15) is 0 Å². The average Bonchev–Trinajstić information content (AvgIpc) is 2.87. The van der Waals surface area contributed by atoms with Gasteiger partial charge in [-0.1, -0.05) is 18.2 Å². The Balaban J connectivity index is 1.67. The van der Waals surface area contributed by atoms with Gasteiger partial charge in [-0.3, -0.25) is 0 Å². The molecule has 1 heterocycles. The van der Waals surface area contributed by atoms with Crippen molar-refractivity contribution in [3.8, 4) is 22.6 Å². The van der Waals surface area contributed by atoms with Crippen LogP contribution in [-0.4, -0.2) is 48.0 Å². The van der Waals surface area contributed by atoms with E-state index in [-0.39, 0.29) is 0 Å². The SMILES string of the molecule is COc1cc(-c2cccc(CN(c3ccc(S(C)(=O)=O)cc3)C3CCNCC3)c2)cc(C)c1OC. The second kappa shape index (κ2) is 10.7. The van der Waals surface area contributed by atoms with Crippen molar-refractivity contribution in [2.45, 2.75) is 37.2 Å². The Labute approximate surface area is 208 Å². The third-order valence-corrected chi connectivity index (χ3v) is 7.75. The van der Waals surface area contributed by atoms with Gasteiger partial charge in [-0.05, 0) is 97.6 Å². The summed E-state index contributed by atoms with van der Waals surface area (Å²) in [5.41, 5.74) is 5.45. The van der Waals surface area contributed by atoms with Crippen molar-refractivity contribution in [2.24, 2.45) is 0 Å². The summed E-state index contributed by atoms with van der Waals surface area (Å²) < 4.78 is 35.0. The smallest absolute Gasteiger partial charge is 0.175 e. The lowest BCUT2D eigenvalue weighted by Crippen LogP contribution is -2.43. The Hall–Kier alpha value is -3.03. The number of benzene rings is 3. The molecule has 35 heavy (non-hydrogen) atoms. The quantitative estimate of drug-likeness (QED) is 0.483. The Morgan fingerprint density at radius 3 is 2.29 bits per heavy atom. The molecule has 0 spiro atoms. The van der Waals surface area contributed by atoms with Crippen molar-refractivity contribution < 1.29 is 17.9 Å². The predicted octanol–water partition coefficient (Wildman–Crippen LogP) is 4.84. The van der Waals surface area contributed by atoms with E-state index < -0.39 is 9.84 Å². The van der Waals surface area contributed by atoms with Gasteiger partial charge in [0.15, 0.2) is 21.3 Å². The van der Waals surface area contributed by atoms with E-state index >= 15 is 0 Å². The molecule has 0 amide bonds. The second-order valence-electron chi connectivity index (χ2n) is 9.10. The van der Waals surface area contributed by atoms with Gasteiger partial charge in [0.2, 0.25) is 0 Å². The van der Waals surface area contributed by atoms with Crippen LogP contribution in [0.25, 0.3) is 11.1 Å². The van der Waals surface area contributed by atoms with Crippen molar-refractivity contribution in [3.63, 3.8) is 0 Å². The number of nitrogens with zero attached hydrogens (tertiary/aromatic N) is 1. The van der Waals surface area contributed by atoms with Crippen molar-refractivity contribution in [1.29, 1.82) is 0 Å². The number of ether oxygens (including phenoxy) is 2. The average molecular weight is 495 g/mol. The van der Waals surface area contributed by atoms with Crippen LogP contribution in [0.5, 0.6) is 11.5 Å². The molecular weight excluding hydrogens is 460 g/mol. The summed E-state index contributed by atoms with van der Waals surface area (Å²) in [5.74, 6) is 1.47. The lowest BCUT2D eigenvalue weighted by molar-refractivity contribution is 0.353. The number of rotatable bonds is 8. The fourth-order valence-electron chi connectivity index (χ4n) is 4.80. The normalized spacial score (nSPS) is 14.5. The molecule has 1 fully saturated rings. The first-order valence-electron chi connectivity index (χ1n) is 11.9. The Morgan fingerprint density at radius 2 is 1.66 bits per heavy atom. The van der Waals surface area contributed by atoms with Gasteiger partial charge in [-0.15, -0.1) is 0 Å². The van der Waals surface area contributed by atoms with E-state index in [1.807, 2.05) is 25.1 Å². The van der Waals surface area contributed by atoms with Crippen LogP contribution in [0.15, 0.2) is 65.6 Å². The number of anilines is 1. The number of piperidine rings is 1. The molecule has 0 unspecified atom stereocenters. The molecule has 0 bridgehead atoms. The van der Waals surface area contributed by atoms with Gasteiger partial charge < -0.3 is 19.7 Å². The van der Waals surface area contributed by atoms with Crippen LogP contribution in [0.2, 0.25) is 0 Å². The summed E-state index contributed by atoms with van der Waals surface area (Å²) >= 11 is 0. The van der Waals surface area contributed by atoms with Crippen LogP contribution in [0, 0.1) is 6.92 Å². The standard InChI is InChI=1S/C28H34N2O4S/c1-20-16-23(18-27(33-2)28(20)34-3)22-7-5-6-21(17-22)19-30(25-12-14-29-15-13-25)24-8-10-26(11-9-24)35(4,31)32/h5-11,16-18,25,29H,12-15,19H2,1-4H3. The van der Waals surface area contributed by atoms with Crippen molar-refractivity contribution in [3.05, 3.63) is 71.8 Å². The Bertz CT molecular complexity index is 1270. The van der Waals surface area contributed by atoms with Crippen LogP contribution in [0.4, 0.5) is 5.69 Å². The first-order chi connectivity index (χ1) is 16.8. The van der Waals surface area contributed by atoms with E-state index in [9.17, 15) is 8.42 Å². The third kappa shape index (κ3) is 5.80. The fraction of sp³-hybridized carbons (Fsp3) is 0.357. The molecule has 1 aliphatic rings. The molecule has 0 aliphatic carbocycles. The largest absolute Gasteiger partial charge is 0.493 e. The first kappa shape index (κ1) is 25.1. The molecule has 6 nitrogen and oxygen atoms in total. The molecule has 4 rings (SSSR count). The van der Waals surface area contributed by atoms with E-state index in [0.29, 0.717) is 10.9 Å². The summed E-state index contributed by atoms with van der Waals surface area (Å²) in [7, 11) is 0.0845. The van der Waals surface area contributed by atoms with E-state index in [2.05, 4.69) is 40.5 Å². The molecule has 3 aromatic carbocycles. The highest BCUT2D eigenvalue weighted by Crippen LogP contribution is 2.36. The van der Waals surface area contributed by atoms with E-state index in [1.54, 1.807) is 26.4 Å². The minimum absolute atomic E-state index is 0.345. The maximum Gasteiger partial charge on any atom is 0.175 e. The highest BCUT2D eigenvalue weighted by molar-refractivity contribution is 7.90. The zero-order chi connectivity index (χ0) is 25.0. The van der Waals surface area contributed by atoms with Gasteiger partial charge >= 0.3 is 0 Å². The second-order valence-corrected chi connectivity index (χ2v) is 11.1. The summed E-state index contributed by atoms with van der Waals surface area (Å²) in [6, 6.07) is 20.4. The highest BCUT2D eigenvalue weighted by atomic mass is 32.2. The number of methoxy groups -OCH3 is 2. The molecule has 3 aromatic rings. The van der Waals surface area contributed by atoms with Crippen LogP contribution < -0.4 is 19.7 Å². The maximum absolute atomic E-state index is 12.0. The van der Waals surface area contributed by atoms with Gasteiger partial charge in [0.05, 0.1) is 19.1 Å². The number of aryl methyl sites for hydroxylation is 1. The topological polar surface area (TPSA) is 67.9 Å². The third-order valence-electron chi connectivity index (χ3n) is 6.62. The van der Waals surface area contributed by atoms with Crippen molar-refractivity contribution >= 4 is 15.5 Å². The van der Waals surface area contributed by atoms with Crippen LogP contribution >= 0.6 is 0 Å². The Kier molecular flexibility index (Phi) is 7.67. The molecular formula is C28H34N2O4S. The number of hydrogen-bond acceptors (Lipinski definition) is 6. The molecule has 0 atom stereocenters. The molecule has 0 saturated carbocycles. The minimum atomic E-state index is -3.23. The van der Waals surface area contributed by atoms with E-state index in [0.717, 1.165) is 66.4 Å². The zero-order valence-electron chi connectivity index (χ0n) is 20.9. The zero-order valence-corrected chi connectivity index (χ0v) is 21.7. The monoisotopic (exact) mass is 494 g/mol. The predicted molar refractivity (Wildman–Crippen MR) is 141 cm³/mol. The number of sulfone groups is 1. The first-order valence-corrected chi connectivity index (χ1v) is 13.8. The maximum atomic E-state index is 12.0. The molecule has 1 aliphatic heterocycles. The minimum Gasteiger partial charge on any atom is -0.493 e. The van der Waals surface area contributed by atoms with E-state index in [1.165, 1.54) is 11.8 Å². The lowest BCUT2D eigenvalue weighted by Gasteiger charge is -2.36. The number of nitrogens with one attached hydrogen (secondary N) is 1. The Morgan fingerprint density at radius 1 is 0.943 bits per heavy atom. The molecule has 1 N–H and O–H groups in total. The van der Waals surface area contributed by atoms with Crippen molar-refractivity contribution in [1.82, 2.24) is 5.32 Å². The molecule has 0 radical (unpaired) electrons. The lowest BCUT2D eigenvalue weighted by atomic mass is 9.98. The van der Waals surface area contributed by atoms with Gasteiger partial charge in [0.1, 0.15) is 0 Å². The summed E-state index contributed by atoms with van der Waals surface area (Å²) in [5, 5.41) is 3.44. The van der Waals surface area contributed by atoms with Gasteiger partial charge in [0.25, 0.3) is 0 Å². The molecule has 7 heteroatoms. The summed E-state index contributed by atoms with van der Waals surface area (Å²) in [6.07, 6.45) is 3.33. The van der Waals surface area contributed by atoms with Gasteiger partial charge in [0, 0.05) is 24.5 Å².